The maximum absolute atomic E-state index is 11.5. The fraction of sp³-hybridized carbons (Fsp3) is 0.462. The molecule has 1 amide bonds. The molecule has 2 N–H and O–H groups in total. The molecule has 4 nitrogen and oxygen atoms in total. The molecule has 17 heavy (non-hydrogen) atoms. The molecule has 0 fully saturated rings. The lowest BCUT2D eigenvalue weighted by molar-refractivity contribution is -0.124. The number of methoxy groups -OCH3 is 1. The summed E-state index contributed by atoms with van der Waals surface area (Å²) in [5, 5.41) is 0. The van der Waals surface area contributed by atoms with Gasteiger partial charge < -0.3 is 10.5 Å². The van der Waals surface area contributed by atoms with Crippen LogP contribution in [0.4, 0.5) is 0 Å². The van der Waals surface area contributed by atoms with Gasteiger partial charge in [0.15, 0.2) is 0 Å². The van der Waals surface area contributed by atoms with Crippen LogP contribution in [0, 0.1) is 0 Å². The van der Waals surface area contributed by atoms with E-state index in [2.05, 4.69) is 17.0 Å². The highest BCUT2D eigenvalue weighted by atomic mass is 16.5. The fourth-order valence-electron chi connectivity index (χ4n) is 2.30. The maximum Gasteiger partial charge on any atom is 0.235 e. The first-order valence-corrected chi connectivity index (χ1v) is 5.81. The molecule has 1 aromatic carbocycles. The summed E-state index contributed by atoms with van der Waals surface area (Å²) in [6.45, 7) is 2.12. The topological polar surface area (TPSA) is 55.6 Å². The van der Waals surface area contributed by atoms with Crippen LogP contribution in [-0.4, -0.2) is 37.1 Å². The first-order valence-electron chi connectivity index (χ1n) is 5.81. The van der Waals surface area contributed by atoms with Crippen molar-refractivity contribution < 1.29 is 9.53 Å². The standard InChI is InChI=1S/C13H18N2O2/c1-17-7-6-15-9-11-5-3-2-4-10(11)8-12(15)13(14)16/h2-5,12H,6-9H2,1H3,(H2,14,16)/t12-/m1/s1. The summed E-state index contributed by atoms with van der Waals surface area (Å²) in [4.78, 5) is 13.6. The van der Waals surface area contributed by atoms with E-state index in [1.165, 1.54) is 11.1 Å². The summed E-state index contributed by atoms with van der Waals surface area (Å²) in [6, 6.07) is 7.99. The van der Waals surface area contributed by atoms with Gasteiger partial charge in [-0.15, -0.1) is 0 Å². The third-order valence-corrected chi connectivity index (χ3v) is 3.26. The van der Waals surface area contributed by atoms with Crippen molar-refractivity contribution >= 4 is 5.91 Å². The number of rotatable bonds is 4. The summed E-state index contributed by atoms with van der Waals surface area (Å²) < 4.78 is 5.07. The Morgan fingerprint density at radius 1 is 1.47 bits per heavy atom. The van der Waals surface area contributed by atoms with Gasteiger partial charge in [-0.3, -0.25) is 9.69 Å². The van der Waals surface area contributed by atoms with E-state index in [0.717, 1.165) is 13.1 Å². The quantitative estimate of drug-likeness (QED) is 0.827. The normalized spacial score (nSPS) is 19.9. The average molecular weight is 234 g/mol. The van der Waals surface area contributed by atoms with E-state index < -0.39 is 0 Å². The van der Waals surface area contributed by atoms with Crippen molar-refractivity contribution in [3.05, 3.63) is 35.4 Å². The summed E-state index contributed by atoms with van der Waals surface area (Å²) >= 11 is 0. The van der Waals surface area contributed by atoms with Gasteiger partial charge in [-0.1, -0.05) is 24.3 Å². The highest BCUT2D eigenvalue weighted by Gasteiger charge is 2.29. The molecule has 0 saturated heterocycles. The summed E-state index contributed by atoms with van der Waals surface area (Å²) in [5.74, 6) is -0.254. The lowest BCUT2D eigenvalue weighted by atomic mass is 9.93. The Labute approximate surface area is 101 Å². The van der Waals surface area contributed by atoms with Gasteiger partial charge in [0.2, 0.25) is 5.91 Å². The average Bonchev–Trinajstić information content (AvgIpc) is 2.35. The maximum atomic E-state index is 11.5. The third kappa shape index (κ3) is 2.65. The number of primary amides is 1. The highest BCUT2D eigenvalue weighted by molar-refractivity contribution is 5.80. The van der Waals surface area contributed by atoms with Gasteiger partial charge in [0, 0.05) is 20.2 Å². The van der Waals surface area contributed by atoms with Crippen LogP contribution in [0.3, 0.4) is 0 Å². The zero-order chi connectivity index (χ0) is 12.3. The minimum absolute atomic E-state index is 0.208. The number of nitrogens with zero attached hydrogens (tertiary/aromatic N) is 1. The van der Waals surface area contributed by atoms with E-state index in [1.54, 1.807) is 7.11 Å². The minimum atomic E-state index is -0.254. The molecule has 2 rings (SSSR count). The smallest absolute Gasteiger partial charge is 0.235 e. The molecule has 1 heterocycles. The van der Waals surface area contributed by atoms with Crippen molar-refractivity contribution in [2.75, 3.05) is 20.3 Å². The van der Waals surface area contributed by atoms with Crippen LogP contribution in [0.2, 0.25) is 0 Å². The third-order valence-electron chi connectivity index (χ3n) is 3.26. The van der Waals surface area contributed by atoms with Crippen molar-refractivity contribution in [3.63, 3.8) is 0 Å². The summed E-state index contributed by atoms with van der Waals surface area (Å²) in [5.41, 5.74) is 7.97. The Hall–Kier alpha value is -1.39. The van der Waals surface area contributed by atoms with E-state index in [-0.39, 0.29) is 11.9 Å². The second kappa shape index (κ2) is 5.29. The molecule has 1 aliphatic heterocycles. The van der Waals surface area contributed by atoms with Gasteiger partial charge in [0.1, 0.15) is 0 Å². The second-order valence-corrected chi connectivity index (χ2v) is 4.35. The van der Waals surface area contributed by atoms with Crippen LogP contribution in [-0.2, 0) is 22.5 Å². The van der Waals surface area contributed by atoms with Crippen LogP contribution < -0.4 is 5.73 Å². The van der Waals surface area contributed by atoms with Crippen molar-refractivity contribution in [3.8, 4) is 0 Å². The molecule has 1 aliphatic rings. The van der Waals surface area contributed by atoms with Gasteiger partial charge >= 0.3 is 0 Å². The van der Waals surface area contributed by atoms with Gasteiger partial charge in [-0.2, -0.15) is 0 Å². The predicted octanol–water partition coefficient (Wildman–Crippen LogP) is 0.545. The van der Waals surface area contributed by atoms with Crippen molar-refractivity contribution in [1.29, 1.82) is 0 Å². The Morgan fingerprint density at radius 2 is 2.18 bits per heavy atom. The molecule has 0 radical (unpaired) electrons. The van der Waals surface area contributed by atoms with Gasteiger partial charge in [0.05, 0.1) is 12.6 Å². The van der Waals surface area contributed by atoms with Gasteiger partial charge in [0.25, 0.3) is 0 Å². The van der Waals surface area contributed by atoms with Gasteiger partial charge in [-0.25, -0.2) is 0 Å². The molecule has 1 atom stereocenters. The zero-order valence-electron chi connectivity index (χ0n) is 10.1. The van der Waals surface area contributed by atoms with Crippen LogP contribution in [0.15, 0.2) is 24.3 Å². The van der Waals surface area contributed by atoms with Crippen LogP contribution in [0.25, 0.3) is 0 Å². The second-order valence-electron chi connectivity index (χ2n) is 4.35. The number of hydrogen-bond donors (Lipinski definition) is 1. The Balaban J connectivity index is 2.18. The number of carbonyl (C=O) groups excluding carboxylic acids is 1. The summed E-state index contributed by atoms with van der Waals surface area (Å²) in [7, 11) is 1.66. The molecule has 92 valence electrons. The Morgan fingerprint density at radius 3 is 2.82 bits per heavy atom. The molecule has 4 heteroatoms. The number of ether oxygens (including phenoxy) is 1. The summed E-state index contributed by atoms with van der Waals surface area (Å²) in [6.07, 6.45) is 0.704. The number of amides is 1. The van der Waals surface area contributed by atoms with E-state index >= 15 is 0 Å². The van der Waals surface area contributed by atoms with E-state index in [4.69, 9.17) is 10.5 Å². The zero-order valence-corrected chi connectivity index (χ0v) is 10.1. The number of hydrogen-bond acceptors (Lipinski definition) is 3. The van der Waals surface area contributed by atoms with Crippen molar-refractivity contribution in [1.82, 2.24) is 4.90 Å². The van der Waals surface area contributed by atoms with Crippen LogP contribution in [0.5, 0.6) is 0 Å². The van der Waals surface area contributed by atoms with Crippen molar-refractivity contribution in [2.24, 2.45) is 5.73 Å². The molecule has 0 saturated carbocycles. The molecule has 1 aromatic rings. The lowest BCUT2D eigenvalue weighted by Crippen LogP contribution is -2.49. The van der Waals surface area contributed by atoms with Gasteiger partial charge in [-0.05, 0) is 17.5 Å². The number of fused-ring (bicyclic) bond motifs is 1. The number of nitrogens with two attached hydrogens (primary N) is 1. The molecule has 0 aliphatic carbocycles. The first kappa shape index (κ1) is 12.1. The van der Waals surface area contributed by atoms with Crippen LogP contribution >= 0.6 is 0 Å². The first-order chi connectivity index (χ1) is 8.22. The van der Waals surface area contributed by atoms with Crippen LogP contribution in [0.1, 0.15) is 11.1 Å². The van der Waals surface area contributed by atoms with Crippen molar-refractivity contribution in [2.45, 2.75) is 19.0 Å². The molecular weight excluding hydrogens is 216 g/mol. The molecule has 0 unspecified atom stereocenters. The number of carbonyl (C=O) groups is 1. The molecule has 0 spiro atoms. The Bertz CT molecular complexity index is 406. The monoisotopic (exact) mass is 234 g/mol. The van der Waals surface area contributed by atoms with E-state index in [9.17, 15) is 4.79 Å². The Kier molecular flexibility index (Phi) is 3.76. The van der Waals surface area contributed by atoms with E-state index in [0.29, 0.717) is 13.0 Å². The largest absolute Gasteiger partial charge is 0.383 e. The fourth-order valence-corrected chi connectivity index (χ4v) is 2.30. The lowest BCUT2D eigenvalue weighted by Gasteiger charge is -2.34. The molecule has 0 aromatic heterocycles. The molecule has 0 bridgehead atoms. The number of benzene rings is 1. The predicted molar refractivity (Wildman–Crippen MR) is 65.4 cm³/mol. The SMILES string of the molecule is COCCN1Cc2ccccc2C[C@@H]1C(N)=O. The van der Waals surface area contributed by atoms with E-state index in [1.807, 2.05) is 12.1 Å². The molecular formula is C13H18N2O2. The highest BCUT2D eigenvalue weighted by Crippen LogP contribution is 2.22. The minimum Gasteiger partial charge on any atom is -0.383 e.